The smallest absolute Gasteiger partial charge is 0.144 e. The Balaban J connectivity index is 2.29. The normalized spacial score (nSPS) is 11.7. The van der Waals surface area contributed by atoms with Crippen molar-refractivity contribution >= 4 is 16.8 Å². The van der Waals surface area contributed by atoms with Gasteiger partial charge in [0.1, 0.15) is 5.78 Å². The van der Waals surface area contributed by atoms with Crippen LogP contribution >= 0.6 is 0 Å². The van der Waals surface area contributed by atoms with E-state index >= 15 is 0 Å². The van der Waals surface area contributed by atoms with Crippen LogP contribution in [0.2, 0.25) is 0 Å². The summed E-state index contributed by atoms with van der Waals surface area (Å²) in [5.74, 6) is 0.182. The van der Waals surface area contributed by atoms with Gasteiger partial charge >= 0.3 is 0 Å². The molecule has 0 fully saturated rings. The van der Waals surface area contributed by atoms with Gasteiger partial charge < -0.3 is 0 Å². The third kappa shape index (κ3) is 2.67. The molecule has 1 aromatic carbocycles. The number of aromatic nitrogens is 2. The zero-order chi connectivity index (χ0) is 12.5. The van der Waals surface area contributed by atoms with Crippen molar-refractivity contribution in [2.75, 3.05) is 0 Å². The SMILES string of the molecule is CC(C)(C)C(=O)Cc1cnc2ccccc2n1. The second kappa shape index (κ2) is 4.24. The number of fused-ring (bicyclic) bond motifs is 1. The van der Waals surface area contributed by atoms with Crippen molar-refractivity contribution in [2.45, 2.75) is 27.2 Å². The molecule has 0 saturated heterocycles. The lowest BCUT2D eigenvalue weighted by molar-refractivity contribution is -0.125. The highest BCUT2D eigenvalue weighted by Gasteiger charge is 2.21. The Morgan fingerprint density at radius 1 is 1.18 bits per heavy atom. The van der Waals surface area contributed by atoms with Crippen molar-refractivity contribution in [3.8, 4) is 0 Å². The van der Waals surface area contributed by atoms with Crippen LogP contribution in [0.1, 0.15) is 26.5 Å². The summed E-state index contributed by atoms with van der Waals surface area (Å²) in [5, 5.41) is 0. The molecule has 0 aliphatic rings. The first-order chi connectivity index (χ1) is 7.97. The molecule has 2 aromatic rings. The predicted octanol–water partition coefficient (Wildman–Crippen LogP) is 2.79. The van der Waals surface area contributed by atoms with Crippen molar-refractivity contribution in [1.82, 2.24) is 9.97 Å². The molecule has 0 N–H and O–H groups in total. The maximum Gasteiger partial charge on any atom is 0.144 e. The van der Waals surface area contributed by atoms with Gasteiger partial charge in [-0.2, -0.15) is 0 Å². The second-order valence-corrected chi connectivity index (χ2v) is 5.20. The van der Waals surface area contributed by atoms with E-state index in [4.69, 9.17) is 0 Å². The third-order valence-electron chi connectivity index (χ3n) is 2.68. The highest BCUT2D eigenvalue weighted by molar-refractivity contribution is 5.85. The van der Waals surface area contributed by atoms with Gasteiger partial charge in [0.15, 0.2) is 0 Å². The van der Waals surface area contributed by atoms with E-state index in [1.54, 1.807) is 6.20 Å². The number of nitrogens with zero attached hydrogens (tertiary/aromatic N) is 2. The average molecular weight is 228 g/mol. The minimum atomic E-state index is -0.326. The molecule has 1 aromatic heterocycles. The standard InChI is InChI=1S/C14H16N2O/c1-14(2,3)13(17)8-10-9-15-11-6-4-5-7-12(11)16-10/h4-7,9H,8H2,1-3H3. The lowest BCUT2D eigenvalue weighted by Crippen LogP contribution is -2.22. The number of benzene rings is 1. The lowest BCUT2D eigenvalue weighted by Gasteiger charge is -2.15. The molecule has 1 heterocycles. The molecule has 0 aliphatic carbocycles. The van der Waals surface area contributed by atoms with E-state index in [0.717, 1.165) is 16.7 Å². The van der Waals surface area contributed by atoms with Gasteiger partial charge in [-0.25, -0.2) is 4.98 Å². The lowest BCUT2D eigenvalue weighted by atomic mass is 9.88. The molecule has 3 heteroatoms. The molecule has 0 atom stereocenters. The number of hydrogen-bond donors (Lipinski definition) is 0. The topological polar surface area (TPSA) is 42.9 Å². The van der Waals surface area contributed by atoms with Gasteiger partial charge in [-0.15, -0.1) is 0 Å². The zero-order valence-electron chi connectivity index (χ0n) is 10.4. The predicted molar refractivity (Wildman–Crippen MR) is 67.7 cm³/mol. The van der Waals surface area contributed by atoms with Crippen LogP contribution in [-0.4, -0.2) is 15.8 Å². The first-order valence-electron chi connectivity index (χ1n) is 5.71. The number of Topliss-reactive ketones (excluding diaryl/α,β-unsaturated/α-hetero) is 1. The number of carbonyl (C=O) groups is 1. The average Bonchev–Trinajstić information content (AvgIpc) is 2.27. The Labute approximate surface area is 101 Å². The summed E-state index contributed by atoms with van der Waals surface area (Å²) in [4.78, 5) is 20.6. The van der Waals surface area contributed by atoms with Gasteiger partial charge in [-0.1, -0.05) is 32.9 Å². The van der Waals surface area contributed by atoms with Gasteiger partial charge in [0.25, 0.3) is 0 Å². The maximum atomic E-state index is 11.9. The second-order valence-electron chi connectivity index (χ2n) is 5.20. The molecule has 0 bridgehead atoms. The van der Waals surface area contributed by atoms with Gasteiger partial charge in [-0.05, 0) is 12.1 Å². The molecule has 17 heavy (non-hydrogen) atoms. The first-order valence-corrected chi connectivity index (χ1v) is 5.71. The molecule has 0 amide bonds. The minimum Gasteiger partial charge on any atom is -0.299 e. The van der Waals surface area contributed by atoms with Crippen LogP contribution in [0, 0.1) is 5.41 Å². The molecule has 0 spiro atoms. The van der Waals surface area contributed by atoms with Crippen LogP contribution in [0.25, 0.3) is 11.0 Å². The summed E-state index contributed by atoms with van der Waals surface area (Å²) in [6.07, 6.45) is 2.04. The van der Waals surface area contributed by atoms with Gasteiger partial charge in [0.05, 0.1) is 23.1 Å². The quantitative estimate of drug-likeness (QED) is 0.793. The van der Waals surface area contributed by atoms with E-state index in [1.165, 1.54) is 0 Å². The molecule has 0 unspecified atom stereocenters. The molecule has 88 valence electrons. The van der Waals surface area contributed by atoms with E-state index in [1.807, 2.05) is 45.0 Å². The van der Waals surface area contributed by atoms with Crippen LogP contribution in [0.15, 0.2) is 30.5 Å². The van der Waals surface area contributed by atoms with Crippen molar-refractivity contribution in [3.05, 3.63) is 36.2 Å². The summed E-state index contributed by atoms with van der Waals surface area (Å²) < 4.78 is 0. The Hall–Kier alpha value is -1.77. The summed E-state index contributed by atoms with van der Waals surface area (Å²) in [6.45, 7) is 5.76. The number of hydrogen-bond acceptors (Lipinski definition) is 3. The Morgan fingerprint density at radius 2 is 1.82 bits per heavy atom. The monoisotopic (exact) mass is 228 g/mol. The summed E-state index contributed by atoms with van der Waals surface area (Å²) in [7, 11) is 0. The minimum absolute atomic E-state index is 0.182. The van der Waals surface area contributed by atoms with Crippen molar-refractivity contribution in [1.29, 1.82) is 0 Å². The van der Waals surface area contributed by atoms with Crippen molar-refractivity contribution in [2.24, 2.45) is 5.41 Å². The van der Waals surface area contributed by atoms with E-state index in [9.17, 15) is 4.79 Å². The van der Waals surface area contributed by atoms with Gasteiger partial charge in [0, 0.05) is 11.6 Å². The van der Waals surface area contributed by atoms with Crippen molar-refractivity contribution < 1.29 is 4.79 Å². The third-order valence-corrected chi connectivity index (χ3v) is 2.68. The van der Waals surface area contributed by atoms with E-state index < -0.39 is 0 Å². The molecule has 2 rings (SSSR count). The Bertz CT molecular complexity index is 555. The van der Waals surface area contributed by atoms with E-state index in [-0.39, 0.29) is 11.2 Å². The summed E-state index contributed by atoms with van der Waals surface area (Å²) >= 11 is 0. The van der Waals surface area contributed by atoms with Crippen molar-refractivity contribution in [3.63, 3.8) is 0 Å². The highest BCUT2D eigenvalue weighted by atomic mass is 16.1. The van der Waals surface area contributed by atoms with Crippen LogP contribution < -0.4 is 0 Å². The highest BCUT2D eigenvalue weighted by Crippen LogP contribution is 2.17. The number of ketones is 1. The summed E-state index contributed by atoms with van der Waals surface area (Å²) in [6, 6.07) is 7.68. The Kier molecular flexibility index (Phi) is 2.92. The fourth-order valence-corrected chi connectivity index (χ4v) is 1.51. The van der Waals surface area contributed by atoms with Gasteiger partial charge in [-0.3, -0.25) is 9.78 Å². The van der Waals surface area contributed by atoms with Crippen LogP contribution in [0.3, 0.4) is 0 Å². The maximum absolute atomic E-state index is 11.9. The molecule has 0 saturated carbocycles. The molecule has 0 radical (unpaired) electrons. The van der Waals surface area contributed by atoms with Crippen LogP contribution in [-0.2, 0) is 11.2 Å². The molecule has 3 nitrogen and oxygen atoms in total. The molecular weight excluding hydrogens is 212 g/mol. The fraction of sp³-hybridized carbons (Fsp3) is 0.357. The molecule has 0 aliphatic heterocycles. The molecular formula is C14H16N2O. The van der Waals surface area contributed by atoms with E-state index in [0.29, 0.717) is 6.42 Å². The Morgan fingerprint density at radius 3 is 2.47 bits per heavy atom. The van der Waals surface area contributed by atoms with Crippen LogP contribution in [0.5, 0.6) is 0 Å². The fourth-order valence-electron chi connectivity index (χ4n) is 1.51. The zero-order valence-corrected chi connectivity index (χ0v) is 10.4. The summed E-state index contributed by atoms with van der Waals surface area (Å²) in [5.41, 5.74) is 2.11. The van der Waals surface area contributed by atoms with Gasteiger partial charge in [0.2, 0.25) is 0 Å². The number of rotatable bonds is 2. The first kappa shape index (κ1) is 11.7. The number of para-hydroxylation sites is 2. The number of carbonyl (C=O) groups excluding carboxylic acids is 1. The van der Waals surface area contributed by atoms with E-state index in [2.05, 4.69) is 9.97 Å². The largest absolute Gasteiger partial charge is 0.299 e. The van der Waals surface area contributed by atoms with Crippen LogP contribution in [0.4, 0.5) is 0 Å².